The maximum atomic E-state index is 3.49. The molecule has 0 spiro atoms. The van der Waals surface area contributed by atoms with Crippen LogP contribution in [-0.4, -0.2) is 31.6 Å². The minimum absolute atomic E-state index is 0.434. The molecule has 0 bridgehead atoms. The van der Waals surface area contributed by atoms with E-state index in [0.717, 1.165) is 18.5 Å². The Labute approximate surface area is 130 Å². The highest BCUT2D eigenvalue weighted by Crippen LogP contribution is 2.24. The van der Waals surface area contributed by atoms with E-state index >= 15 is 0 Å². The highest BCUT2D eigenvalue weighted by Gasteiger charge is 2.22. The number of hydrogen-bond donors (Lipinski definition) is 1. The SMILES string of the molecule is CNC(CN(C)C1CCCC1)c1ccc(CC(C)C)cc1. The molecule has 1 aliphatic rings. The molecule has 118 valence electrons. The summed E-state index contributed by atoms with van der Waals surface area (Å²) in [4.78, 5) is 2.55. The lowest BCUT2D eigenvalue weighted by Crippen LogP contribution is -2.36. The highest BCUT2D eigenvalue weighted by atomic mass is 15.2. The summed E-state index contributed by atoms with van der Waals surface area (Å²) < 4.78 is 0. The molecule has 2 heteroatoms. The zero-order valence-electron chi connectivity index (χ0n) is 14.2. The molecule has 2 rings (SSSR count). The quantitative estimate of drug-likeness (QED) is 0.815. The Kier molecular flexibility index (Phi) is 6.25. The fourth-order valence-electron chi connectivity index (χ4n) is 3.50. The van der Waals surface area contributed by atoms with E-state index in [4.69, 9.17) is 0 Å². The Morgan fingerprint density at radius 3 is 2.29 bits per heavy atom. The van der Waals surface area contributed by atoms with Crippen LogP contribution in [0, 0.1) is 5.92 Å². The fraction of sp³-hybridized carbons (Fsp3) is 0.684. The maximum Gasteiger partial charge on any atom is 0.0446 e. The Hall–Kier alpha value is -0.860. The summed E-state index contributed by atoms with van der Waals surface area (Å²) in [5.41, 5.74) is 2.86. The van der Waals surface area contributed by atoms with Crippen LogP contribution in [0.15, 0.2) is 24.3 Å². The molecule has 0 aliphatic heterocycles. The van der Waals surface area contributed by atoms with E-state index in [1.165, 1.54) is 43.2 Å². The molecule has 0 radical (unpaired) electrons. The molecule has 0 saturated heterocycles. The first-order valence-corrected chi connectivity index (χ1v) is 8.56. The van der Waals surface area contributed by atoms with Crippen LogP contribution in [0.3, 0.4) is 0 Å². The molecule has 1 fully saturated rings. The predicted molar refractivity (Wildman–Crippen MR) is 91.7 cm³/mol. The monoisotopic (exact) mass is 288 g/mol. The van der Waals surface area contributed by atoms with Gasteiger partial charge in [-0.05, 0) is 50.4 Å². The number of likely N-dealkylation sites (N-methyl/N-ethyl adjacent to an activating group) is 2. The largest absolute Gasteiger partial charge is 0.312 e. The van der Waals surface area contributed by atoms with Crippen molar-refractivity contribution in [1.29, 1.82) is 0 Å². The zero-order valence-corrected chi connectivity index (χ0v) is 14.2. The molecule has 1 unspecified atom stereocenters. The summed E-state index contributed by atoms with van der Waals surface area (Å²) in [6, 6.07) is 10.4. The fourth-order valence-corrected chi connectivity index (χ4v) is 3.50. The minimum Gasteiger partial charge on any atom is -0.312 e. The van der Waals surface area contributed by atoms with E-state index in [0.29, 0.717) is 6.04 Å². The van der Waals surface area contributed by atoms with Crippen LogP contribution < -0.4 is 5.32 Å². The van der Waals surface area contributed by atoms with Crippen molar-refractivity contribution < 1.29 is 0 Å². The first kappa shape index (κ1) is 16.5. The van der Waals surface area contributed by atoms with Gasteiger partial charge in [-0.25, -0.2) is 0 Å². The summed E-state index contributed by atoms with van der Waals surface area (Å²) in [5.74, 6) is 0.726. The van der Waals surface area contributed by atoms with Gasteiger partial charge in [0, 0.05) is 18.6 Å². The molecule has 1 aromatic rings. The van der Waals surface area contributed by atoms with Crippen molar-refractivity contribution in [3.05, 3.63) is 35.4 Å². The van der Waals surface area contributed by atoms with Gasteiger partial charge < -0.3 is 10.2 Å². The van der Waals surface area contributed by atoms with Crippen molar-refractivity contribution in [2.24, 2.45) is 5.92 Å². The topological polar surface area (TPSA) is 15.3 Å². The van der Waals surface area contributed by atoms with E-state index in [1.807, 2.05) is 0 Å². The van der Waals surface area contributed by atoms with E-state index < -0.39 is 0 Å². The third-order valence-corrected chi connectivity index (χ3v) is 4.79. The molecule has 0 aromatic heterocycles. The average molecular weight is 288 g/mol. The Balaban J connectivity index is 1.96. The lowest BCUT2D eigenvalue weighted by molar-refractivity contribution is 0.222. The zero-order chi connectivity index (χ0) is 15.2. The first-order valence-electron chi connectivity index (χ1n) is 8.56. The molecular weight excluding hydrogens is 256 g/mol. The van der Waals surface area contributed by atoms with Crippen LogP contribution in [0.25, 0.3) is 0 Å². The van der Waals surface area contributed by atoms with Crippen molar-refractivity contribution >= 4 is 0 Å². The van der Waals surface area contributed by atoms with Gasteiger partial charge in [-0.15, -0.1) is 0 Å². The van der Waals surface area contributed by atoms with Crippen LogP contribution in [0.2, 0.25) is 0 Å². The van der Waals surface area contributed by atoms with Crippen LogP contribution in [0.1, 0.15) is 56.7 Å². The Bertz CT molecular complexity index is 404. The van der Waals surface area contributed by atoms with Gasteiger partial charge >= 0.3 is 0 Å². The van der Waals surface area contributed by atoms with Gasteiger partial charge in [0.1, 0.15) is 0 Å². The molecule has 1 aromatic carbocycles. The molecule has 1 atom stereocenters. The lowest BCUT2D eigenvalue weighted by Gasteiger charge is -2.29. The van der Waals surface area contributed by atoms with Gasteiger partial charge in [0.15, 0.2) is 0 Å². The molecule has 1 N–H and O–H groups in total. The number of rotatable bonds is 7. The Morgan fingerprint density at radius 2 is 1.76 bits per heavy atom. The van der Waals surface area contributed by atoms with Gasteiger partial charge in [-0.2, -0.15) is 0 Å². The van der Waals surface area contributed by atoms with Crippen LogP contribution in [0.5, 0.6) is 0 Å². The molecule has 21 heavy (non-hydrogen) atoms. The predicted octanol–water partition coefficient (Wildman–Crippen LogP) is 4.02. The molecule has 1 saturated carbocycles. The van der Waals surface area contributed by atoms with Gasteiger partial charge in [0.25, 0.3) is 0 Å². The minimum atomic E-state index is 0.434. The summed E-state index contributed by atoms with van der Waals surface area (Å²) >= 11 is 0. The molecule has 2 nitrogen and oxygen atoms in total. The third kappa shape index (κ3) is 4.82. The van der Waals surface area contributed by atoms with Crippen molar-refractivity contribution in [3.8, 4) is 0 Å². The lowest BCUT2D eigenvalue weighted by atomic mass is 9.99. The van der Waals surface area contributed by atoms with Crippen LogP contribution in [0.4, 0.5) is 0 Å². The standard InChI is InChI=1S/C19H32N2/c1-15(2)13-16-9-11-17(12-10-16)19(20-3)14-21(4)18-7-5-6-8-18/h9-12,15,18-20H,5-8,13-14H2,1-4H3. The smallest absolute Gasteiger partial charge is 0.0446 e. The third-order valence-electron chi connectivity index (χ3n) is 4.79. The summed E-state index contributed by atoms with van der Waals surface area (Å²) in [7, 11) is 4.36. The van der Waals surface area contributed by atoms with Gasteiger partial charge in [-0.1, -0.05) is 51.0 Å². The van der Waals surface area contributed by atoms with E-state index in [2.05, 4.69) is 62.4 Å². The molecule has 0 amide bonds. The highest BCUT2D eigenvalue weighted by molar-refractivity contribution is 5.25. The number of nitrogens with zero attached hydrogens (tertiary/aromatic N) is 1. The summed E-state index contributed by atoms with van der Waals surface area (Å²) in [6.45, 7) is 5.66. The second kappa shape index (κ2) is 7.95. The molecule has 1 aliphatic carbocycles. The molecule has 0 heterocycles. The van der Waals surface area contributed by atoms with Gasteiger partial charge in [0.2, 0.25) is 0 Å². The maximum absolute atomic E-state index is 3.49. The van der Waals surface area contributed by atoms with Crippen LogP contribution >= 0.6 is 0 Å². The first-order chi connectivity index (χ1) is 10.1. The van der Waals surface area contributed by atoms with Gasteiger partial charge in [-0.3, -0.25) is 0 Å². The average Bonchev–Trinajstić information content (AvgIpc) is 2.99. The van der Waals surface area contributed by atoms with Crippen molar-refractivity contribution in [2.45, 2.75) is 58.0 Å². The van der Waals surface area contributed by atoms with E-state index in [9.17, 15) is 0 Å². The number of nitrogens with one attached hydrogen (secondary N) is 1. The second-order valence-corrected chi connectivity index (χ2v) is 7.06. The Morgan fingerprint density at radius 1 is 1.14 bits per heavy atom. The number of benzene rings is 1. The second-order valence-electron chi connectivity index (χ2n) is 7.06. The van der Waals surface area contributed by atoms with E-state index in [1.54, 1.807) is 0 Å². The van der Waals surface area contributed by atoms with Gasteiger partial charge in [0.05, 0.1) is 0 Å². The molecular formula is C19H32N2. The van der Waals surface area contributed by atoms with Crippen LogP contribution in [-0.2, 0) is 6.42 Å². The normalized spacial score (nSPS) is 17.8. The summed E-state index contributed by atoms with van der Waals surface area (Å²) in [6.07, 6.45) is 6.74. The summed E-state index contributed by atoms with van der Waals surface area (Å²) in [5, 5.41) is 3.49. The number of hydrogen-bond acceptors (Lipinski definition) is 2. The van der Waals surface area contributed by atoms with Crippen molar-refractivity contribution in [3.63, 3.8) is 0 Å². The van der Waals surface area contributed by atoms with Crippen molar-refractivity contribution in [1.82, 2.24) is 10.2 Å². The van der Waals surface area contributed by atoms with Crippen molar-refractivity contribution in [2.75, 3.05) is 20.6 Å². The van der Waals surface area contributed by atoms with E-state index in [-0.39, 0.29) is 0 Å².